The number of hydrogen-bond acceptors (Lipinski definition) is 2. The zero-order chi connectivity index (χ0) is 13.7. The van der Waals surface area contributed by atoms with Gasteiger partial charge in [-0.15, -0.1) is 0 Å². The predicted molar refractivity (Wildman–Crippen MR) is 74.4 cm³/mol. The molecule has 0 unspecified atom stereocenters. The van der Waals surface area contributed by atoms with Crippen LogP contribution in [0, 0.1) is 0 Å². The summed E-state index contributed by atoms with van der Waals surface area (Å²) in [6.45, 7) is 0. The summed E-state index contributed by atoms with van der Waals surface area (Å²) >= 11 is 0. The third kappa shape index (κ3) is 1.70. The molecule has 0 aromatic heterocycles. The first-order chi connectivity index (χ1) is 9.74. The van der Waals surface area contributed by atoms with Crippen LogP contribution < -0.4 is 15.5 Å². The number of carbonyl (C=O) groups excluding carboxylic acids is 2. The molecule has 5 nitrogen and oxygen atoms in total. The quantitative estimate of drug-likeness (QED) is 0.767. The molecule has 2 bridgehead atoms. The average Bonchev–Trinajstić information content (AvgIpc) is 3.23. The predicted octanol–water partition coefficient (Wildman–Crippen LogP) is 2.16. The van der Waals surface area contributed by atoms with E-state index < -0.39 is 0 Å². The number of imide groups is 1. The fourth-order valence-electron chi connectivity index (χ4n) is 3.19. The highest BCUT2D eigenvalue weighted by molar-refractivity contribution is 6.14. The standard InChI is InChI=1S/C15H15N3O2/c19-14-16-12-6-7-13(11-8-10(11)12)17-15(20)18(14)9-4-2-1-3-5-9/h1-5,12-13H,6-8H2,(H,16,19)(H,17,20)/t12-,13+. The van der Waals surface area contributed by atoms with Crippen molar-refractivity contribution in [2.45, 2.75) is 31.3 Å². The van der Waals surface area contributed by atoms with Crippen LogP contribution in [0.15, 0.2) is 41.5 Å². The lowest BCUT2D eigenvalue weighted by atomic mass is 9.99. The molecule has 2 heterocycles. The molecule has 2 aliphatic heterocycles. The maximum atomic E-state index is 12.4. The highest BCUT2D eigenvalue weighted by Gasteiger charge is 2.43. The van der Waals surface area contributed by atoms with Crippen LogP contribution in [0.4, 0.5) is 15.3 Å². The number of nitrogens with one attached hydrogen (secondary N) is 2. The van der Waals surface area contributed by atoms with E-state index in [-0.39, 0.29) is 24.1 Å². The SMILES string of the molecule is O=C1N[C@H]2CC[C@@H](NC(=O)N1c1ccccc1)C1=C2C1. The lowest BCUT2D eigenvalue weighted by Gasteiger charge is -2.22. The minimum absolute atomic E-state index is 0.104. The molecule has 5 rings (SSSR count). The van der Waals surface area contributed by atoms with E-state index >= 15 is 0 Å². The Bertz CT molecular complexity index is 589. The highest BCUT2D eigenvalue weighted by Crippen LogP contribution is 2.44. The van der Waals surface area contributed by atoms with E-state index in [0.717, 1.165) is 19.3 Å². The Morgan fingerprint density at radius 2 is 1.45 bits per heavy atom. The van der Waals surface area contributed by atoms with Crippen LogP contribution in [-0.2, 0) is 0 Å². The van der Waals surface area contributed by atoms with E-state index in [9.17, 15) is 9.59 Å². The first-order valence-corrected chi connectivity index (χ1v) is 6.92. The molecule has 0 saturated carbocycles. The second-order valence-corrected chi connectivity index (χ2v) is 5.48. The molecule has 1 saturated heterocycles. The Labute approximate surface area is 116 Å². The number of carbonyl (C=O) groups is 2. The number of urea groups is 2. The van der Waals surface area contributed by atoms with E-state index in [0.29, 0.717) is 5.69 Å². The van der Waals surface area contributed by atoms with Gasteiger partial charge in [0.05, 0.1) is 17.8 Å². The molecule has 20 heavy (non-hydrogen) atoms. The van der Waals surface area contributed by atoms with E-state index in [2.05, 4.69) is 10.6 Å². The van der Waals surface area contributed by atoms with Crippen LogP contribution >= 0.6 is 0 Å². The van der Waals surface area contributed by atoms with Gasteiger partial charge in [0.2, 0.25) is 0 Å². The second kappa shape index (κ2) is 4.10. The molecule has 1 aromatic carbocycles. The summed E-state index contributed by atoms with van der Waals surface area (Å²) in [6.07, 6.45) is 2.76. The number of para-hydroxylation sites is 1. The van der Waals surface area contributed by atoms with Gasteiger partial charge in [-0.1, -0.05) is 18.2 Å². The minimum Gasteiger partial charge on any atom is -0.331 e. The lowest BCUT2D eigenvalue weighted by molar-refractivity contribution is 0.234. The van der Waals surface area contributed by atoms with E-state index in [4.69, 9.17) is 0 Å². The molecule has 2 atom stereocenters. The van der Waals surface area contributed by atoms with Gasteiger partial charge in [0, 0.05) is 0 Å². The molecule has 2 aliphatic carbocycles. The molecular weight excluding hydrogens is 254 g/mol. The van der Waals surface area contributed by atoms with Crippen LogP contribution in [0.2, 0.25) is 0 Å². The van der Waals surface area contributed by atoms with Crippen LogP contribution in [0.1, 0.15) is 19.3 Å². The largest absolute Gasteiger partial charge is 0.331 e. The van der Waals surface area contributed by atoms with E-state index in [1.54, 1.807) is 12.1 Å². The summed E-state index contributed by atoms with van der Waals surface area (Å²) in [5.74, 6) is 0. The average molecular weight is 269 g/mol. The molecule has 5 heteroatoms. The maximum absolute atomic E-state index is 12.4. The number of amides is 4. The number of hydrogen-bond donors (Lipinski definition) is 2. The number of anilines is 1. The van der Waals surface area contributed by atoms with Crippen molar-refractivity contribution in [1.29, 1.82) is 0 Å². The Kier molecular flexibility index (Phi) is 2.36. The Balaban J connectivity index is 1.71. The van der Waals surface area contributed by atoms with Gasteiger partial charge >= 0.3 is 12.1 Å². The summed E-state index contributed by atoms with van der Waals surface area (Å²) in [7, 11) is 0. The first-order valence-electron chi connectivity index (χ1n) is 6.92. The Morgan fingerprint density at radius 1 is 0.900 bits per heavy atom. The van der Waals surface area contributed by atoms with Crippen molar-refractivity contribution in [2.75, 3.05) is 4.90 Å². The lowest BCUT2D eigenvalue weighted by Crippen LogP contribution is -2.50. The molecule has 1 fully saturated rings. The topological polar surface area (TPSA) is 61.4 Å². The van der Waals surface area contributed by atoms with Crippen molar-refractivity contribution in [3.8, 4) is 0 Å². The summed E-state index contributed by atoms with van der Waals surface area (Å²) in [5, 5.41) is 5.97. The van der Waals surface area contributed by atoms with Crippen molar-refractivity contribution in [3.63, 3.8) is 0 Å². The zero-order valence-electron chi connectivity index (χ0n) is 10.9. The number of benzene rings is 1. The summed E-state index contributed by atoms with van der Waals surface area (Å²) in [6, 6.07) is 8.54. The minimum atomic E-state index is -0.347. The number of nitrogens with zero attached hydrogens (tertiary/aromatic N) is 1. The second-order valence-electron chi connectivity index (χ2n) is 5.48. The molecule has 4 amide bonds. The zero-order valence-corrected chi connectivity index (χ0v) is 10.9. The fraction of sp³-hybridized carbons (Fsp3) is 0.333. The number of rotatable bonds is 1. The third-order valence-corrected chi connectivity index (χ3v) is 4.27. The van der Waals surface area contributed by atoms with Gasteiger partial charge in [0.1, 0.15) is 0 Å². The fourth-order valence-corrected chi connectivity index (χ4v) is 3.19. The first kappa shape index (κ1) is 11.5. The smallest absolute Gasteiger partial charge is 0.330 e. The van der Waals surface area contributed by atoms with E-state index in [1.807, 2.05) is 18.2 Å². The van der Waals surface area contributed by atoms with Gasteiger partial charge in [0.15, 0.2) is 0 Å². The molecule has 102 valence electrons. The van der Waals surface area contributed by atoms with Crippen LogP contribution in [0.3, 0.4) is 0 Å². The van der Waals surface area contributed by atoms with Crippen LogP contribution in [0.5, 0.6) is 0 Å². The third-order valence-electron chi connectivity index (χ3n) is 4.27. The Morgan fingerprint density at radius 3 is 2.00 bits per heavy atom. The highest BCUT2D eigenvalue weighted by atomic mass is 16.2. The van der Waals surface area contributed by atoms with Crippen molar-refractivity contribution >= 4 is 17.7 Å². The summed E-state index contributed by atoms with van der Waals surface area (Å²) in [5.41, 5.74) is 3.21. The van der Waals surface area contributed by atoms with Crippen LogP contribution in [0.25, 0.3) is 0 Å². The van der Waals surface area contributed by atoms with Crippen molar-refractivity contribution < 1.29 is 9.59 Å². The molecule has 1 aromatic rings. The summed E-state index contributed by atoms with van der Waals surface area (Å²) < 4.78 is 0. The molecular formula is C15H15N3O2. The van der Waals surface area contributed by atoms with Crippen molar-refractivity contribution in [1.82, 2.24) is 10.6 Å². The summed E-state index contributed by atoms with van der Waals surface area (Å²) in [4.78, 5) is 26.0. The normalized spacial score (nSPS) is 28.1. The monoisotopic (exact) mass is 269 g/mol. The maximum Gasteiger partial charge on any atom is 0.330 e. The molecule has 4 aliphatic rings. The van der Waals surface area contributed by atoms with Crippen LogP contribution in [-0.4, -0.2) is 24.1 Å². The van der Waals surface area contributed by atoms with Gasteiger partial charge in [0.25, 0.3) is 0 Å². The van der Waals surface area contributed by atoms with Gasteiger partial charge in [-0.05, 0) is 42.5 Å². The molecule has 0 radical (unpaired) electrons. The van der Waals surface area contributed by atoms with Gasteiger partial charge < -0.3 is 10.6 Å². The van der Waals surface area contributed by atoms with Gasteiger partial charge in [-0.3, -0.25) is 0 Å². The van der Waals surface area contributed by atoms with Gasteiger partial charge in [-0.25, -0.2) is 14.5 Å². The molecule has 0 spiro atoms. The Hall–Kier alpha value is -2.30. The van der Waals surface area contributed by atoms with E-state index in [1.165, 1.54) is 16.0 Å². The van der Waals surface area contributed by atoms with Crippen molar-refractivity contribution in [3.05, 3.63) is 41.5 Å². The number of fused-ring (bicyclic) bond motifs is 5. The van der Waals surface area contributed by atoms with Gasteiger partial charge in [-0.2, -0.15) is 0 Å². The molecule has 2 N–H and O–H groups in total. The van der Waals surface area contributed by atoms with Crippen molar-refractivity contribution in [2.24, 2.45) is 0 Å².